The molecule has 1 N–H and O–H groups in total. The third-order valence-corrected chi connectivity index (χ3v) is 2.68. The van der Waals surface area contributed by atoms with Crippen molar-refractivity contribution in [2.45, 2.75) is 0 Å². The summed E-state index contributed by atoms with van der Waals surface area (Å²) in [5.41, 5.74) is 0.412. The standard InChI is InChI=1S/C16H15NO4/c1-19-7-8-20-13-3-2-4-14(10-13)21-16-9-12(11-17)5-6-15(16)18/h2-6,9-10,18H,7-8H2,1H3. The van der Waals surface area contributed by atoms with Crippen LogP contribution in [0.1, 0.15) is 5.56 Å². The Labute approximate surface area is 122 Å². The molecule has 0 atom stereocenters. The number of rotatable bonds is 6. The predicted molar refractivity (Wildman–Crippen MR) is 76.7 cm³/mol. The van der Waals surface area contributed by atoms with Crippen molar-refractivity contribution in [3.63, 3.8) is 0 Å². The normalized spacial score (nSPS) is 9.90. The first-order valence-corrected chi connectivity index (χ1v) is 6.35. The number of nitrogens with zero attached hydrogens (tertiary/aromatic N) is 1. The van der Waals surface area contributed by atoms with E-state index in [4.69, 9.17) is 19.5 Å². The van der Waals surface area contributed by atoms with Crippen molar-refractivity contribution in [2.24, 2.45) is 0 Å². The second-order valence-electron chi connectivity index (χ2n) is 4.21. The summed E-state index contributed by atoms with van der Waals surface area (Å²) in [5.74, 6) is 1.35. The summed E-state index contributed by atoms with van der Waals surface area (Å²) in [6.07, 6.45) is 0. The molecule has 0 amide bonds. The van der Waals surface area contributed by atoms with Gasteiger partial charge in [0.1, 0.15) is 18.1 Å². The van der Waals surface area contributed by atoms with Crippen LogP contribution in [0.4, 0.5) is 0 Å². The van der Waals surface area contributed by atoms with Crippen molar-refractivity contribution >= 4 is 0 Å². The van der Waals surface area contributed by atoms with Gasteiger partial charge in [-0.2, -0.15) is 5.26 Å². The van der Waals surface area contributed by atoms with Gasteiger partial charge in [0.25, 0.3) is 0 Å². The third-order valence-electron chi connectivity index (χ3n) is 2.68. The Kier molecular flexibility index (Phi) is 5.02. The fourth-order valence-electron chi connectivity index (χ4n) is 1.66. The van der Waals surface area contributed by atoms with Gasteiger partial charge in [0.15, 0.2) is 11.5 Å². The minimum Gasteiger partial charge on any atom is -0.504 e. The number of aromatic hydroxyl groups is 1. The van der Waals surface area contributed by atoms with Gasteiger partial charge in [0.05, 0.1) is 18.2 Å². The molecular weight excluding hydrogens is 270 g/mol. The third kappa shape index (κ3) is 4.13. The molecule has 0 heterocycles. The average molecular weight is 285 g/mol. The van der Waals surface area contributed by atoms with Gasteiger partial charge in [0, 0.05) is 19.2 Å². The number of ether oxygens (including phenoxy) is 3. The van der Waals surface area contributed by atoms with Gasteiger partial charge in [-0.25, -0.2) is 0 Å². The van der Waals surface area contributed by atoms with E-state index in [0.29, 0.717) is 30.3 Å². The molecule has 2 aromatic carbocycles. The maximum atomic E-state index is 9.75. The van der Waals surface area contributed by atoms with Crippen molar-refractivity contribution < 1.29 is 19.3 Å². The number of hydrogen-bond acceptors (Lipinski definition) is 5. The van der Waals surface area contributed by atoms with Crippen LogP contribution in [0.5, 0.6) is 23.0 Å². The van der Waals surface area contributed by atoms with E-state index in [0.717, 1.165) is 0 Å². The number of methoxy groups -OCH3 is 1. The highest BCUT2D eigenvalue weighted by atomic mass is 16.5. The molecule has 0 aliphatic carbocycles. The molecule has 2 aromatic rings. The monoisotopic (exact) mass is 285 g/mol. The quantitative estimate of drug-likeness (QED) is 0.826. The van der Waals surface area contributed by atoms with Gasteiger partial charge in [-0.15, -0.1) is 0 Å². The summed E-state index contributed by atoms with van der Waals surface area (Å²) in [6.45, 7) is 0.936. The number of phenols is 1. The van der Waals surface area contributed by atoms with Crippen LogP contribution >= 0.6 is 0 Å². The first-order chi connectivity index (χ1) is 10.2. The van der Waals surface area contributed by atoms with E-state index in [2.05, 4.69) is 0 Å². The lowest BCUT2D eigenvalue weighted by Gasteiger charge is -2.10. The minimum atomic E-state index is -0.0281. The van der Waals surface area contributed by atoms with Gasteiger partial charge in [-0.3, -0.25) is 0 Å². The van der Waals surface area contributed by atoms with E-state index in [-0.39, 0.29) is 11.5 Å². The largest absolute Gasteiger partial charge is 0.504 e. The summed E-state index contributed by atoms with van der Waals surface area (Å²) in [7, 11) is 1.61. The number of benzene rings is 2. The molecule has 0 bridgehead atoms. The fourth-order valence-corrected chi connectivity index (χ4v) is 1.66. The SMILES string of the molecule is COCCOc1cccc(Oc2cc(C#N)ccc2O)c1. The summed E-state index contributed by atoms with van der Waals surface area (Å²) >= 11 is 0. The van der Waals surface area contributed by atoms with Crippen molar-refractivity contribution in [3.8, 4) is 29.1 Å². The first-order valence-electron chi connectivity index (χ1n) is 6.35. The number of nitriles is 1. The van der Waals surface area contributed by atoms with Crippen LogP contribution in [0.25, 0.3) is 0 Å². The molecule has 108 valence electrons. The molecule has 0 saturated carbocycles. The van der Waals surface area contributed by atoms with Crippen LogP contribution in [0, 0.1) is 11.3 Å². The summed E-state index contributed by atoms with van der Waals surface area (Å²) in [4.78, 5) is 0. The van der Waals surface area contributed by atoms with Crippen molar-refractivity contribution in [3.05, 3.63) is 48.0 Å². The summed E-state index contributed by atoms with van der Waals surface area (Å²) in [5, 5.41) is 18.6. The molecule has 2 rings (SSSR count). The number of hydrogen-bond donors (Lipinski definition) is 1. The molecule has 0 fully saturated rings. The Morgan fingerprint density at radius 1 is 1.10 bits per heavy atom. The zero-order valence-corrected chi connectivity index (χ0v) is 11.6. The van der Waals surface area contributed by atoms with Gasteiger partial charge in [-0.1, -0.05) is 6.07 Å². The van der Waals surface area contributed by atoms with E-state index in [9.17, 15) is 5.11 Å². The second-order valence-corrected chi connectivity index (χ2v) is 4.21. The molecule has 0 unspecified atom stereocenters. The Bertz CT molecular complexity index is 649. The predicted octanol–water partition coefficient (Wildman–Crippen LogP) is 3.08. The van der Waals surface area contributed by atoms with Crippen molar-refractivity contribution in [1.29, 1.82) is 5.26 Å². The van der Waals surface area contributed by atoms with Gasteiger partial charge in [-0.05, 0) is 24.3 Å². The lowest BCUT2D eigenvalue weighted by atomic mass is 10.2. The van der Waals surface area contributed by atoms with Gasteiger partial charge in [0.2, 0.25) is 0 Å². The highest BCUT2D eigenvalue weighted by Crippen LogP contribution is 2.32. The van der Waals surface area contributed by atoms with Crippen LogP contribution < -0.4 is 9.47 Å². The fraction of sp³-hybridized carbons (Fsp3) is 0.188. The van der Waals surface area contributed by atoms with E-state index in [1.54, 1.807) is 31.4 Å². The summed E-state index contributed by atoms with van der Waals surface area (Å²) in [6, 6.07) is 13.4. The molecule has 0 aliphatic rings. The van der Waals surface area contributed by atoms with Crippen LogP contribution in [0.3, 0.4) is 0 Å². The molecule has 0 aliphatic heterocycles. The highest BCUT2D eigenvalue weighted by molar-refractivity contribution is 5.48. The lowest BCUT2D eigenvalue weighted by molar-refractivity contribution is 0.146. The molecule has 5 nitrogen and oxygen atoms in total. The molecule has 5 heteroatoms. The van der Waals surface area contributed by atoms with E-state index in [1.807, 2.05) is 6.07 Å². The highest BCUT2D eigenvalue weighted by Gasteiger charge is 2.06. The summed E-state index contributed by atoms with van der Waals surface area (Å²) < 4.78 is 16.0. The zero-order chi connectivity index (χ0) is 15.1. The maximum absolute atomic E-state index is 9.75. The molecule has 0 spiro atoms. The minimum absolute atomic E-state index is 0.0281. The Morgan fingerprint density at radius 3 is 2.67 bits per heavy atom. The van der Waals surface area contributed by atoms with Crippen LogP contribution in [0.15, 0.2) is 42.5 Å². The molecule has 0 saturated heterocycles. The molecule has 0 radical (unpaired) electrons. The molecule has 0 aromatic heterocycles. The van der Waals surface area contributed by atoms with Gasteiger partial charge >= 0.3 is 0 Å². The zero-order valence-electron chi connectivity index (χ0n) is 11.6. The van der Waals surface area contributed by atoms with Gasteiger partial charge < -0.3 is 19.3 Å². The van der Waals surface area contributed by atoms with Crippen LogP contribution in [-0.2, 0) is 4.74 Å². The molecular formula is C16H15NO4. The molecule has 21 heavy (non-hydrogen) atoms. The van der Waals surface area contributed by atoms with E-state index >= 15 is 0 Å². The van der Waals surface area contributed by atoms with Crippen LogP contribution in [0.2, 0.25) is 0 Å². The lowest BCUT2D eigenvalue weighted by Crippen LogP contribution is -2.04. The smallest absolute Gasteiger partial charge is 0.170 e. The van der Waals surface area contributed by atoms with Crippen LogP contribution in [-0.4, -0.2) is 25.4 Å². The second kappa shape index (κ2) is 7.17. The Hall–Kier alpha value is -2.71. The van der Waals surface area contributed by atoms with E-state index in [1.165, 1.54) is 18.2 Å². The number of phenolic OH excluding ortho intramolecular Hbond substituents is 1. The Balaban J connectivity index is 2.12. The van der Waals surface area contributed by atoms with Crippen molar-refractivity contribution in [2.75, 3.05) is 20.3 Å². The average Bonchev–Trinajstić information content (AvgIpc) is 2.50. The topological polar surface area (TPSA) is 71.7 Å². The first kappa shape index (κ1) is 14.7. The van der Waals surface area contributed by atoms with Crippen molar-refractivity contribution in [1.82, 2.24) is 0 Å². The Morgan fingerprint density at radius 2 is 1.90 bits per heavy atom. The maximum Gasteiger partial charge on any atom is 0.170 e. The van der Waals surface area contributed by atoms with E-state index < -0.39 is 0 Å².